The average molecular weight is 400 g/mol. The van der Waals surface area contributed by atoms with Gasteiger partial charge in [-0.15, -0.1) is 0 Å². The van der Waals surface area contributed by atoms with E-state index in [4.69, 9.17) is 4.74 Å². The molecule has 128 valence electrons. The summed E-state index contributed by atoms with van der Waals surface area (Å²) in [6.07, 6.45) is 7.29. The molecule has 1 aromatic carbocycles. The number of aromatic amines is 1. The van der Waals surface area contributed by atoms with Crippen molar-refractivity contribution in [3.63, 3.8) is 0 Å². The molecule has 2 N–H and O–H groups in total. The summed E-state index contributed by atoms with van der Waals surface area (Å²) >= 11 is 3.51. The summed E-state index contributed by atoms with van der Waals surface area (Å²) in [4.78, 5) is 9.00. The van der Waals surface area contributed by atoms with Crippen LogP contribution in [0.3, 0.4) is 0 Å². The lowest BCUT2D eigenvalue weighted by Gasteiger charge is -2.32. The molecule has 1 atom stereocenters. The number of rotatable bonds is 3. The maximum Gasteiger partial charge on any atom is 0.233 e. The number of fused-ring (bicyclic) bond motifs is 1. The summed E-state index contributed by atoms with van der Waals surface area (Å²) in [5.74, 6) is 0.573. The van der Waals surface area contributed by atoms with Gasteiger partial charge in [0.1, 0.15) is 17.5 Å². The minimum Gasteiger partial charge on any atom is -0.471 e. The second-order valence-corrected chi connectivity index (χ2v) is 7.84. The number of nitrogens with zero attached hydrogens (tertiary/aromatic N) is 3. The minimum atomic E-state index is 0.177. The van der Waals surface area contributed by atoms with Crippen LogP contribution < -0.4 is 10.1 Å². The smallest absolute Gasteiger partial charge is 0.233 e. The molecule has 1 unspecified atom stereocenters. The Morgan fingerprint density at radius 2 is 2.12 bits per heavy atom. The van der Waals surface area contributed by atoms with Gasteiger partial charge in [-0.2, -0.15) is 5.10 Å². The molecule has 7 heteroatoms. The van der Waals surface area contributed by atoms with Crippen LogP contribution in [0.2, 0.25) is 0 Å². The third kappa shape index (κ3) is 2.71. The van der Waals surface area contributed by atoms with Crippen LogP contribution in [0.1, 0.15) is 19.3 Å². The van der Waals surface area contributed by atoms with Crippen molar-refractivity contribution in [3.8, 4) is 17.3 Å². The average Bonchev–Trinajstić information content (AvgIpc) is 3.27. The molecule has 2 fully saturated rings. The van der Waals surface area contributed by atoms with Crippen LogP contribution in [0.25, 0.3) is 22.3 Å². The lowest BCUT2D eigenvalue weighted by molar-refractivity contribution is 0.0844. The summed E-state index contributed by atoms with van der Waals surface area (Å²) in [6, 6.07) is 6.02. The van der Waals surface area contributed by atoms with Crippen molar-refractivity contribution >= 4 is 26.8 Å². The molecule has 1 saturated heterocycles. The highest BCUT2D eigenvalue weighted by Gasteiger charge is 2.52. The van der Waals surface area contributed by atoms with Crippen LogP contribution in [0.4, 0.5) is 0 Å². The number of benzene rings is 1. The molecular formula is C18H18BrN5O. The third-order valence-corrected chi connectivity index (χ3v) is 5.84. The Kier molecular flexibility index (Phi) is 3.53. The normalized spacial score (nSPS) is 21.6. The fraction of sp³-hybridized carbons (Fsp3) is 0.389. The van der Waals surface area contributed by atoms with Gasteiger partial charge in [-0.3, -0.25) is 10.1 Å². The largest absolute Gasteiger partial charge is 0.471 e. The fourth-order valence-electron chi connectivity index (χ4n) is 3.69. The number of nitrogens with one attached hydrogen (secondary N) is 2. The number of halogens is 1. The molecule has 1 spiro atoms. The Labute approximate surface area is 153 Å². The van der Waals surface area contributed by atoms with E-state index >= 15 is 0 Å². The van der Waals surface area contributed by atoms with Crippen LogP contribution in [-0.4, -0.2) is 39.4 Å². The van der Waals surface area contributed by atoms with Gasteiger partial charge in [0.15, 0.2) is 0 Å². The van der Waals surface area contributed by atoms with Crippen LogP contribution in [0.15, 0.2) is 35.1 Å². The molecule has 3 heterocycles. The van der Waals surface area contributed by atoms with E-state index in [0.717, 1.165) is 39.9 Å². The highest BCUT2D eigenvalue weighted by atomic mass is 79.9. The lowest BCUT2D eigenvalue weighted by Crippen LogP contribution is -2.45. The summed E-state index contributed by atoms with van der Waals surface area (Å²) < 4.78 is 7.23. The number of aromatic nitrogens is 4. The van der Waals surface area contributed by atoms with Crippen molar-refractivity contribution < 1.29 is 4.74 Å². The molecule has 5 rings (SSSR count). The van der Waals surface area contributed by atoms with Gasteiger partial charge >= 0.3 is 0 Å². The Bertz CT molecular complexity index is 936. The SMILES string of the molecule is Brc1ccc2[nH]nc(-c3cncc(OC4CNCCC45CC5)n3)c2c1. The van der Waals surface area contributed by atoms with Crippen molar-refractivity contribution in [2.75, 3.05) is 13.1 Å². The van der Waals surface area contributed by atoms with E-state index in [2.05, 4.69) is 41.4 Å². The lowest BCUT2D eigenvalue weighted by atomic mass is 9.92. The Hall–Kier alpha value is -1.99. The Morgan fingerprint density at radius 3 is 3.00 bits per heavy atom. The molecule has 2 aromatic heterocycles. The first kappa shape index (κ1) is 15.3. The summed E-state index contributed by atoms with van der Waals surface area (Å²) in [5, 5.41) is 11.9. The second kappa shape index (κ2) is 5.78. The first-order valence-electron chi connectivity index (χ1n) is 8.57. The van der Waals surface area contributed by atoms with Crippen LogP contribution >= 0.6 is 15.9 Å². The van der Waals surface area contributed by atoms with Gasteiger partial charge in [-0.05, 0) is 44.0 Å². The maximum atomic E-state index is 6.22. The molecule has 1 saturated carbocycles. The van der Waals surface area contributed by atoms with Crippen LogP contribution in [-0.2, 0) is 0 Å². The Balaban J connectivity index is 1.47. The van der Waals surface area contributed by atoms with E-state index in [1.807, 2.05) is 18.2 Å². The van der Waals surface area contributed by atoms with E-state index < -0.39 is 0 Å². The molecule has 0 bridgehead atoms. The van der Waals surface area contributed by atoms with E-state index in [-0.39, 0.29) is 6.10 Å². The molecule has 1 aliphatic carbocycles. The van der Waals surface area contributed by atoms with Gasteiger partial charge in [0.2, 0.25) is 5.88 Å². The summed E-state index contributed by atoms with van der Waals surface area (Å²) in [6.45, 7) is 1.96. The van der Waals surface area contributed by atoms with Gasteiger partial charge in [-0.1, -0.05) is 15.9 Å². The van der Waals surface area contributed by atoms with Crippen LogP contribution in [0.5, 0.6) is 5.88 Å². The fourth-order valence-corrected chi connectivity index (χ4v) is 4.05. The molecule has 0 radical (unpaired) electrons. The third-order valence-electron chi connectivity index (χ3n) is 5.35. The highest BCUT2D eigenvalue weighted by molar-refractivity contribution is 9.10. The quantitative estimate of drug-likeness (QED) is 0.706. The number of hydrogen-bond donors (Lipinski definition) is 2. The second-order valence-electron chi connectivity index (χ2n) is 6.93. The van der Waals surface area contributed by atoms with Crippen molar-refractivity contribution in [3.05, 3.63) is 35.1 Å². The maximum absolute atomic E-state index is 6.22. The van der Waals surface area contributed by atoms with Gasteiger partial charge in [0, 0.05) is 21.8 Å². The number of piperidine rings is 1. The highest BCUT2D eigenvalue weighted by Crippen LogP contribution is 2.53. The summed E-state index contributed by atoms with van der Waals surface area (Å²) in [7, 11) is 0. The molecule has 2 aliphatic rings. The molecule has 3 aromatic rings. The molecular weight excluding hydrogens is 382 g/mol. The van der Waals surface area contributed by atoms with Gasteiger partial charge in [0.05, 0.1) is 17.9 Å². The molecule has 6 nitrogen and oxygen atoms in total. The summed E-state index contributed by atoms with van der Waals surface area (Å²) in [5.41, 5.74) is 2.83. The zero-order valence-electron chi connectivity index (χ0n) is 13.6. The zero-order chi connectivity index (χ0) is 16.9. The first-order chi connectivity index (χ1) is 12.2. The van der Waals surface area contributed by atoms with E-state index in [0.29, 0.717) is 11.3 Å². The first-order valence-corrected chi connectivity index (χ1v) is 9.36. The van der Waals surface area contributed by atoms with E-state index in [9.17, 15) is 0 Å². The standard InChI is InChI=1S/C18H18BrN5O/c19-11-1-2-13-12(7-11)17(24-23-13)14-8-21-10-16(22-14)25-15-9-20-6-5-18(15)3-4-18/h1-2,7-8,10,15,20H,3-6,9H2,(H,23,24). The topological polar surface area (TPSA) is 75.7 Å². The van der Waals surface area contributed by atoms with Crippen LogP contribution in [0, 0.1) is 5.41 Å². The van der Waals surface area contributed by atoms with Gasteiger partial charge in [-0.25, -0.2) is 4.98 Å². The van der Waals surface area contributed by atoms with Crippen molar-refractivity contribution in [2.45, 2.75) is 25.4 Å². The molecule has 25 heavy (non-hydrogen) atoms. The van der Waals surface area contributed by atoms with Crippen molar-refractivity contribution in [2.24, 2.45) is 5.41 Å². The number of H-pyrrole nitrogens is 1. The van der Waals surface area contributed by atoms with Crippen molar-refractivity contribution in [1.29, 1.82) is 0 Å². The zero-order valence-corrected chi connectivity index (χ0v) is 15.2. The number of hydrogen-bond acceptors (Lipinski definition) is 5. The predicted molar refractivity (Wildman–Crippen MR) is 98.4 cm³/mol. The van der Waals surface area contributed by atoms with Crippen molar-refractivity contribution in [1.82, 2.24) is 25.5 Å². The monoisotopic (exact) mass is 399 g/mol. The molecule has 1 aliphatic heterocycles. The van der Waals surface area contributed by atoms with E-state index in [1.165, 1.54) is 19.3 Å². The Morgan fingerprint density at radius 1 is 1.20 bits per heavy atom. The van der Waals surface area contributed by atoms with E-state index in [1.54, 1.807) is 12.4 Å². The predicted octanol–water partition coefficient (Wildman–Crippen LogP) is 3.30. The minimum absolute atomic E-state index is 0.177. The van der Waals surface area contributed by atoms with Gasteiger partial charge in [0.25, 0.3) is 0 Å². The number of ether oxygens (including phenoxy) is 1. The van der Waals surface area contributed by atoms with Gasteiger partial charge < -0.3 is 10.1 Å². The molecule has 0 amide bonds.